The highest BCUT2D eigenvalue weighted by molar-refractivity contribution is 7.91. The molecule has 1 unspecified atom stereocenters. The van der Waals surface area contributed by atoms with Crippen LogP contribution in [0.25, 0.3) is 0 Å². The minimum atomic E-state index is -3.99. The van der Waals surface area contributed by atoms with E-state index in [2.05, 4.69) is 5.32 Å². The van der Waals surface area contributed by atoms with Crippen LogP contribution in [0.4, 0.5) is 13.6 Å². The van der Waals surface area contributed by atoms with E-state index in [9.17, 15) is 26.8 Å². The second-order valence-corrected chi connectivity index (χ2v) is 9.82. The van der Waals surface area contributed by atoms with Crippen LogP contribution in [0.5, 0.6) is 0 Å². The Balaban J connectivity index is 2.14. The molecule has 24 heavy (non-hydrogen) atoms. The molecule has 2 aliphatic rings. The first-order valence-corrected chi connectivity index (χ1v) is 9.07. The normalized spacial score (nSPS) is 28.2. The van der Waals surface area contributed by atoms with Gasteiger partial charge in [0.05, 0.1) is 10.7 Å². The Morgan fingerprint density at radius 2 is 1.79 bits per heavy atom. The maximum atomic E-state index is 13.0. The molecular weight excluding hydrogens is 346 g/mol. The lowest BCUT2D eigenvalue weighted by Gasteiger charge is -2.24. The number of hydrogen-bond donors (Lipinski definition) is 2. The molecule has 0 aromatic heterocycles. The van der Waals surface area contributed by atoms with Gasteiger partial charge in [0.1, 0.15) is 11.1 Å². The monoisotopic (exact) mass is 368 g/mol. The number of amides is 2. The van der Waals surface area contributed by atoms with Crippen molar-refractivity contribution in [3.8, 4) is 0 Å². The first kappa shape index (κ1) is 18.9. The maximum absolute atomic E-state index is 13.0. The molecule has 0 bridgehead atoms. The van der Waals surface area contributed by atoms with E-state index < -0.39 is 50.3 Å². The Labute approximate surface area is 139 Å². The molecule has 0 aromatic carbocycles. The second-order valence-electron chi connectivity index (χ2n) is 7.63. The van der Waals surface area contributed by atoms with Crippen molar-refractivity contribution < 1.29 is 31.5 Å². The summed E-state index contributed by atoms with van der Waals surface area (Å²) in [5.74, 6) is -2.60. The fourth-order valence-corrected chi connectivity index (χ4v) is 3.63. The molecule has 138 valence electrons. The number of halogens is 2. The Morgan fingerprint density at radius 3 is 2.17 bits per heavy atom. The van der Waals surface area contributed by atoms with E-state index in [-0.39, 0.29) is 6.42 Å². The molecule has 0 spiro atoms. The predicted octanol–water partition coefficient (Wildman–Crippen LogP) is 1.53. The van der Waals surface area contributed by atoms with E-state index >= 15 is 0 Å². The highest BCUT2D eigenvalue weighted by atomic mass is 32.2. The van der Waals surface area contributed by atoms with Gasteiger partial charge in [-0.05, 0) is 47.0 Å². The molecule has 2 atom stereocenters. The Bertz CT molecular complexity index is 655. The summed E-state index contributed by atoms with van der Waals surface area (Å²) in [6.45, 7) is 6.20. The number of sulfonamides is 1. The van der Waals surface area contributed by atoms with Crippen molar-refractivity contribution >= 4 is 22.0 Å². The van der Waals surface area contributed by atoms with Gasteiger partial charge in [-0.3, -0.25) is 9.52 Å². The second kappa shape index (κ2) is 5.53. The third kappa shape index (κ3) is 3.62. The number of ether oxygens (including phenoxy) is 1. The molecule has 2 saturated carbocycles. The van der Waals surface area contributed by atoms with Crippen molar-refractivity contribution in [2.45, 2.75) is 69.3 Å². The predicted molar refractivity (Wildman–Crippen MR) is 80.9 cm³/mol. The number of rotatable bonds is 5. The summed E-state index contributed by atoms with van der Waals surface area (Å²) in [5.41, 5.74) is -2.85. The van der Waals surface area contributed by atoms with E-state index in [4.69, 9.17) is 4.74 Å². The number of alkyl carbamates (subject to hydrolysis) is 1. The molecule has 0 aromatic rings. The average molecular weight is 368 g/mol. The molecule has 2 fully saturated rings. The zero-order chi connectivity index (χ0) is 18.6. The Morgan fingerprint density at radius 1 is 1.25 bits per heavy atom. The molecule has 2 amide bonds. The summed E-state index contributed by atoms with van der Waals surface area (Å²) in [6, 6.07) is 0. The lowest BCUT2D eigenvalue weighted by atomic mass is 10.2. The zero-order valence-electron chi connectivity index (χ0n) is 14.0. The van der Waals surface area contributed by atoms with Gasteiger partial charge in [-0.25, -0.2) is 22.0 Å². The lowest BCUT2D eigenvalue weighted by Crippen LogP contribution is -2.54. The molecule has 0 aliphatic heterocycles. The smallest absolute Gasteiger partial charge is 0.408 e. The minimum Gasteiger partial charge on any atom is -0.444 e. The molecule has 2 rings (SSSR count). The van der Waals surface area contributed by atoms with Gasteiger partial charge in [-0.15, -0.1) is 0 Å². The summed E-state index contributed by atoms with van der Waals surface area (Å²) in [5, 5.41) is 2.13. The SMILES string of the molecule is CC(C)(C)OC(=O)N[C@]1(C(=O)NS(=O)(=O)C2(C)CC2)CC1C(F)F. The van der Waals surface area contributed by atoms with Gasteiger partial charge in [0.25, 0.3) is 5.91 Å². The number of carbonyl (C=O) groups excluding carboxylic acids is 2. The van der Waals surface area contributed by atoms with E-state index in [1.165, 1.54) is 6.92 Å². The van der Waals surface area contributed by atoms with Gasteiger partial charge in [0.2, 0.25) is 16.4 Å². The standard InChI is InChI=1S/C14H22F2N2O5S/c1-12(2,3)23-11(20)17-14(7-8(14)9(15)16)10(19)18-24(21,22)13(4)5-6-13/h8-9H,5-7H2,1-4H3,(H,17,20)(H,18,19)/t8?,14-/m1/s1. The first-order chi connectivity index (χ1) is 10.7. The molecule has 7 nitrogen and oxygen atoms in total. The van der Waals surface area contributed by atoms with Crippen LogP contribution < -0.4 is 10.0 Å². The van der Waals surface area contributed by atoms with E-state index in [1.54, 1.807) is 20.8 Å². The zero-order valence-corrected chi connectivity index (χ0v) is 14.8. The van der Waals surface area contributed by atoms with Crippen LogP contribution in [-0.2, 0) is 19.6 Å². The number of alkyl halides is 2. The van der Waals surface area contributed by atoms with Gasteiger partial charge < -0.3 is 10.1 Å². The van der Waals surface area contributed by atoms with E-state index in [1.807, 2.05) is 4.72 Å². The highest BCUT2D eigenvalue weighted by Crippen LogP contribution is 2.49. The molecule has 2 N–H and O–H groups in total. The fourth-order valence-electron chi connectivity index (χ4n) is 2.32. The van der Waals surface area contributed by atoms with E-state index in [0.29, 0.717) is 12.8 Å². The van der Waals surface area contributed by atoms with Crippen molar-refractivity contribution in [3.63, 3.8) is 0 Å². The van der Waals surface area contributed by atoms with Gasteiger partial charge in [0.15, 0.2) is 0 Å². The largest absolute Gasteiger partial charge is 0.444 e. The molecule has 0 heterocycles. The molecule has 0 radical (unpaired) electrons. The van der Waals surface area contributed by atoms with Crippen molar-refractivity contribution in [1.29, 1.82) is 0 Å². The van der Waals surface area contributed by atoms with Gasteiger partial charge >= 0.3 is 6.09 Å². The summed E-state index contributed by atoms with van der Waals surface area (Å²) in [4.78, 5) is 24.2. The molecule has 0 saturated heterocycles. The average Bonchev–Trinajstić information content (AvgIpc) is 3.23. The van der Waals surface area contributed by atoms with E-state index in [0.717, 1.165) is 0 Å². The first-order valence-electron chi connectivity index (χ1n) is 7.59. The summed E-state index contributed by atoms with van der Waals surface area (Å²) in [6.07, 6.45) is -3.48. The Kier molecular flexibility index (Phi) is 4.35. The highest BCUT2D eigenvalue weighted by Gasteiger charge is 2.67. The third-order valence-electron chi connectivity index (χ3n) is 4.28. The fraction of sp³-hybridized carbons (Fsp3) is 0.857. The minimum absolute atomic E-state index is 0.345. The summed E-state index contributed by atoms with van der Waals surface area (Å²) >= 11 is 0. The van der Waals surface area contributed by atoms with Gasteiger partial charge in [-0.2, -0.15) is 0 Å². The number of nitrogens with one attached hydrogen (secondary N) is 2. The number of carbonyl (C=O) groups is 2. The van der Waals surface area contributed by atoms with Crippen molar-refractivity contribution in [1.82, 2.24) is 10.0 Å². The van der Waals surface area contributed by atoms with Crippen molar-refractivity contribution in [3.05, 3.63) is 0 Å². The number of hydrogen-bond acceptors (Lipinski definition) is 5. The van der Waals surface area contributed by atoms with Crippen LogP contribution >= 0.6 is 0 Å². The van der Waals surface area contributed by atoms with Crippen LogP contribution in [0, 0.1) is 5.92 Å². The topological polar surface area (TPSA) is 102 Å². The van der Waals surface area contributed by atoms with Crippen LogP contribution in [0.2, 0.25) is 0 Å². The van der Waals surface area contributed by atoms with Gasteiger partial charge in [-0.1, -0.05) is 0 Å². The van der Waals surface area contributed by atoms with Crippen LogP contribution in [0.3, 0.4) is 0 Å². The molecular formula is C14H22F2N2O5S. The van der Waals surface area contributed by atoms with Crippen LogP contribution in [0.1, 0.15) is 47.0 Å². The van der Waals surface area contributed by atoms with Gasteiger partial charge in [0, 0.05) is 0 Å². The van der Waals surface area contributed by atoms with Crippen molar-refractivity contribution in [2.75, 3.05) is 0 Å². The quantitative estimate of drug-likeness (QED) is 0.766. The maximum Gasteiger partial charge on any atom is 0.408 e. The van der Waals surface area contributed by atoms with Crippen molar-refractivity contribution in [2.24, 2.45) is 5.92 Å². The van der Waals surface area contributed by atoms with Crippen LogP contribution in [-0.4, -0.2) is 42.7 Å². The summed E-state index contributed by atoms with van der Waals surface area (Å²) in [7, 11) is -3.99. The molecule has 2 aliphatic carbocycles. The molecule has 10 heteroatoms. The van der Waals surface area contributed by atoms with Crippen LogP contribution in [0.15, 0.2) is 0 Å². The lowest BCUT2D eigenvalue weighted by molar-refractivity contribution is -0.123. The summed E-state index contributed by atoms with van der Waals surface area (Å²) < 4.78 is 56.1. The third-order valence-corrected chi connectivity index (χ3v) is 6.44. The Hall–Kier alpha value is -1.45.